The lowest BCUT2D eigenvalue weighted by molar-refractivity contribution is 1.36. The van der Waals surface area contributed by atoms with Crippen molar-refractivity contribution < 1.29 is 0 Å². The fourth-order valence-corrected chi connectivity index (χ4v) is 1.29. The first kappa shape index (κ1) is 11.1. The van der Waals surface area contributed by atoms with Crippen LogP contribution >= 0.6 is 0 Å². The molecule has 0 aliphatic heterocycles. The second-order valence-corrected chi connectivity index (χ2v) is 3.37. The molecule has 0 saturated carbocycles. The highest BCUT2D eigenvalue weighted by atomic mass is 15.3. The number of hydrogen-bond donors (Lipinski definition) is 1. The summed E-state index contributed by atoms with van der Waals surface area (Å²) in [7, 11) is 0. The van der Waals surface area contributed by atoms with Gasteiger partial charge in [0.25, 0.3) is 0 Å². The Morgan fingerprint density at radius 2 is 1.41 bits per heavy atom. The highest BCUT2D eigenvalue weighted by Crippen LogP contribution is 2.08. The van der Waals surface area contributed by atoms with Crippen LogP contribution in [-0.2, 0) is 0 Å². The van der Waals surface area contributed by atoms with Crippen molar-refractivity contribution in [3.63, 3.8) is 0 Å². The van der Waals surface area contributed by atoms with Crippen LogP contribution in [0.3, 0.4) is 0 Å². The molecule has 84 valence electrons. The van der Waals surface area contributed by atoms with Crippen molar-refractivity contribution >= 4 is 23.8 Å². The SMILES string of the molecule is C(C=Nc1ccccc1)=NNc1ccccc1. The summed E-state index contributed by atoms with van der Waals surface area (Å²) in [4.78, 5) is 4.22. The van der Waals surface area contributed by atoms with Crippen molar-refractivity contribution in [1.82, 2.24) is 0 Å². The number of benzene rings is 2. The minimum absolute atomic E-state index is 0.915. The summed E-state index contributed by atoms with van der Waals surface area (Å²) >= 11 is 0. The number of hydrazone groups is 1. The molecule has 0 radical (unpaired) electrons. The van der Waals surface area contributed by atoms with E-state index < -0.39 is 0 Å². The van der Waals surface area contributed by atoms with Crippen LogP contribution < -0.4 is 5.43 Å². The van der Waals surface area contributed by atoms with Crippen molar-refractivity contribution in [2.75, 3.05) is 5.43 Å². The number of rotatable bonds is 4. The molecule has 1 N–H and O–H groups in total. The molecule has 0 spiro atoms. The topological polar surface area (TPSA) is 36.8 Å². The monoisotopic (exact) mass is 223 g/mol. The molecule has 0 aromatic heterocycles. The third-order valence-electron chi connectivity index (χ3n) is 2.09. The van der Waals surface area contributed by atoms with Crippen molar-refractivity contribution in [2.24, 2.45) is 10.1 Å². The van der Waals surface area contributed by atoms with Gasteiger partial charge in [0.15, 0.2) is 0 Å². The Morgan fingerprint density at radius 3 is 2.12 bits per heavy atom. The van der Waals surface area contributed by atoms with Crippen molar-refractivity contribution in [1.29, 1.82) is 0 Å². The van der Waals surface area contributed by atoms with E-state index in [4.69, 9.17) is 0 Å². The molecule has 0 aliphatic rings. The van der Waals surface area contributed by atoms with E-state index in [2.05, 4.69) is 15.5 Å². The van der Waals surface area contributed by atoms with Crippen molar-refractivity contribution in [3.8, 4) is 0 Å². The number of hydrogen-bond acceptors (Lipinski definition) is 3. The maximum absolute atomic E-state index is 4.22. The first-order valence-electron chi connectivity index (χ1n) is 5.37. The average Bonchev–Trinajstić information content (AvgIpc) is 2.41. The zero-order chi connectivity index (χ0) is 11.8. The maximum Gasteiger partial charge on any atom is 0.0655 e. The molecule has 0 fully saturated rings. The zero-order valence-corrected chi connectivity index (χ0v) is 9.32. The summed E-state index contributed by atoms with van der Waals surface area (Å²) in [6.45, 7) is 0. The van der Waals surface area contributed by atoms with Crippen LogP contribution in [0.2, 0.25) is 0 Å². The molecule has 0 amide bonds. The van der Waals surface area contributed by atoms with Gasteiger partial charge < -0.3 is 0 Å². The van der Waals surface area contributed by atoms with Gasteiger partial charge in [-0.15, -0.1) is 0 Å². The number of aliphatic imine (C=N–C) groups is 1. The molecule has 0 atom stereocenters. The third-order valence-corrected chi connectivity index (χ3v) is 2.09. The Kier molecular flexibility index (Phi) is 4.06. The highest BCUT2D eigenvalue weighted by molar-refractivity contribution is 6.16. The summed E-state index contributed by atoms with van der Waals surface area (Å²) in [6.07, 6.45) is 3.28. The Bertz CT molecular complexity index is 489. The van der Waals surface area contributed by atoms with E-state index in [1.807, 2.05) is 60.7 Å². The lowest BCUT2D eigenvalue weighted by Crippen LogP contribution is -1.88. The summed E-state index contributed by atoms with van der Waals surface area (Å²) < 4.78 is 0. The molecule has 2 rings (SSSR count). The smallest absolute Gasteiger partial charge is 0.0655 e. The van der Waals surface area contributed by atoms with Gasteiger partial charge in [0.05, 0.1) is 17.6 Å². The van der Waals surface area contributed by atoms with Crippen LogP contribution in [0.15, 0.2) is 70.8 Å². The Labute approximate surface area is 101 Å². The highest BCUT2D eigenvalue weighted by Gasteiger charge is 1.83. The third kappa shape index (κ3) is 3.91. The maximum atomic E-state index is 4.22. The second kappa shape index (κ2) is 6.23. The van der Waals surface area contributed by atoms with Gasteiger partial charge in [-0.3, -0.25) is 10.4 Å². The Morgan fingerprint density at radius 1 is 0.765 bits per heavy atom. The van der Waals surface area contributed by atoms with E-state index in [1.54, 1.807) is 12.4 Å². The number of para-hydroxylation sites is 2. The molecule has 0 saturated heterocycles. The quantitative estimate of drug-likeness (QED) is 0.625. The number of nitrogens with zero attached hydrogens (tertiary/aromatic N) is 2. The van der Waals surface area contributed by atoms with E-state index in [0.717, 1.165) is 11.4 Å². The van der Waals surface area contributed by atoms with E-state index in [1.165, 1.54) is 0 Å². The summed E-state index contributed by atoms with van der Waals surface area (Å²) in [5.41, 5.74) is 4.78. The molecule has 0 aliphatic carbocycles. The molecule has 0 unspecified atom stereocenters. The molecule has 0 heterocycles. The fourth-order valence-electron chi connectivity index (χ4n) is 1.29. The van der Waals surface area contributed by atoms with E-state index >= 15 is 0 Å². The predicted molar refractivity (Wildman–Crippen MR) is 73.2 cm³/mol. The first-order chi connectivity index (χ1) is 8.45. The van der Waals surface area contributed by atoms with Crippen LogP contribution in [0.25, 0.3) is 0 Å². The molecule has 3 nitrogen and oxygen atoms in total. The number of nitrogens with one attached hydrogen (secondary N) is 1. The minimum atomic E-state index is 0.915. The van der Waals surface area contributed by atoms with Gasteiger partial charge >= 0.3 is 0 Å². The van der Waals surface area contributed by atoms with Gasteiger partial charge in [-0.05, 0) is 24.3 Å². The largest absolute Gasteiger partial charge is 0.278 e. The fraction of sp³-hybridized carbons (Fsp3) is 0. The molecule has 17 heavy (non-hydrogen) atoms. The van der Waals surface area contributed by atoms with E-state index in [-0.39, 0.29) is 0 Å². The van der Waals surface area contributed by atoms with E-state index in [0.29, 0.717) is 0 Å². The van der Waals surface area contributed by atoms with Gasteiger partial charge in [-0.1, -0.05) is 36.4 Å². The van der Waals surface area contributed by atoms with Crippen molar-refractivity contribution in [2.45, 2.75) is 0 Å². The Balaban J connectivity index is 1.85. The summed E-state index contributed by atoms with van der Waals surface area (Å²) in [5.74, 6) is 0. The molecular weight excluding hydrogens is 210 g/mol. The second-order valence-electron chi connectivity index (χ2n) is 3.37. The Hall–Kier alpha value is -2.42. The molecule has 2 aromatic carbocycles. The summed E-state index contributed by atoms with van der Waals surface area (Å²) in [5, 5.41) is 4.03. The van der Waals surface area contributed by atoms with Crippen LogP contribution in [-0.4, -0.2) is 12.4 Å². The standard InChI is InChI=1S/C14H13N3/c1-3-7-13(8-4-1)15-11-12-16-17-14-9-5-2-6-10-14/h1-12,17H. The van der Waals surface area contributed by atoms with Gasteiger partial charge in [0.1, 0.15) is 0 Å². The van der Waals surface area contributed by atoms with E-state index in [9.17, 15) is 0 Å². The van der Waals surface area contributed by atoms with Crippen LogP contribution in [0, 0.1) is 0 Å². The zero-order valence-electron chi connectivity index (χ0n) is 9.32. The lowest BCUT2D eigenvalue weighted by atomic mass is 10.3. The number of anilines is 1. The normalized spacial score (nSPS) is 11.1. The van der Waals surface area contributed by atoms with Crippen LogP contribution in [0.1, 0.15) is 0 Å². The van der Waals surface area contributed by atoms with Gasteiger partial charge in [-0.2, -0.15) is 5.10 Å². The van der Waals surface area contributed by atoms with Crippen molar-refractivity contribution in [3.05, 3.63) is 60.7 Å². The summed E-state index contributed by atoms with van der Waals surface area (Å²) in [6, 6.07) is 19.5. The lowest BCUT2D eigenvalue weighted by Gasteiger charge is -1.96. The van der Waals surface area contributed by atoms with Gasteiger partial charge in [0.2, 0.25) is 0 Å². The average molecular weight is 223 g/mol. The van der Waals surface area contributed by atoms with Crippen LogP contribution in [0.4, 0.5) is 11.4 Å². The predicted octanol–water partition coefficient (Wildman–Crippen LogP) is 3.49. The van der Waals surface area contributed by atoms with Gasteiger partial charge in [0, 0.05) is 6.21 Å². The molecule has 3 heteroatoms. The van der Waals surface area contributed by atoms with Crippen LogP contribution in [0.5, 0.6) is 0 Å². The molecule has 2 aromatic rings. The van der Waals surface area contributed by atoms with Gasteiger partial charge in [-0.25, -0.2) is 0 Å². The molecular formula is C14H13N3. The first-order valence-corrected chi connectivity index (χ1v) is 5.37. The minimum Gasteiger partial charge on any atom is -0.278 e. The molecule has 0 bridgehead atoms.